The van der Waals surface area contributed by atoms with E-state index >= 15 is 0 Å². The molecule has 26 heavy (non-hydrogen) atoms. The Hall–Kier alpha value is -2.83. The second kappa shape index (κ2) is 6.48. The molecule has 1 aliphatic rings. The minimum atomic E-state index is -1.31. The molecular formula is C19H21FN6. The second-order valence-electron chi connectivity index (χ2n) is 7.11. The van der Waals surface area contributed by atoms with Crippen molar-refractivity contribution < 1.29 is 4.39 Å². The highest BCUT2D eigenvalue weighted by Crippen LogP contribution is 2.30. The van der Waals surface area contributed by atoms with Crippen LogP contribution >= 0.6 is 0 Å². The van der Waals surface area contributed by atoms with Crippen LogP contribution in [0.15, 0.2) is 36.9 Å². The van der Waals surface area contributed by atoms with Crippen molar-refractivity contribution in [2.75, 3.05) is 11.9 Å². The largest absolute Gasteiger partial charge is 0.351 e. The van der Waals surface area contributed by atoms with E-state index in [0.29, 0.717) is 5.95 Å². The lowest BCUT2D eigenvalue weighted by Crippen LogP contribution is -2.25. The van der Waals surface area contributed by atoms with Gasteiger partial charge in [0.05, 0.1) is 12.2 Å². The zero-order valence-electron chi connectivity index (χ0n) is 14.9. The number of aryl methyl sites for hydroxylation is 1. The number of allylic oxidation sites excluding steroid dienone is 1. The number of anilines is 1. The van der Waals surface area contributed by atoms with Gasteiger partial charge in [0.25, 0.3) is 0 Å². The van der Waals surface area contributed by atoms with Gasteiger partial charge in [0.1, 0.15) is 12.0 Å². The van der Waals surface area contributed by atoms with E-state index in [4.69, 9.17) is 0 Å². The molecule has 0 radical (unpaired) electrons. The third-order valence-electron chi connectivity index (χ3n) is 4.38. The van der Waals surface area contributed by atoms with Crippen molar-refractivity contribution >= 4 is 17.2 Å². The van der Waals surface area contributed by atoms with E-state index < -0.39 is 5.67 Å². The fraction of sp³-hybridized carbons (Fsp3) is 0.368. The number of halogens is 1. The highest BCUT2D eigenvalue weighted by Gasteiger charge is 2.19. The lowest BCUT2D eigenvalue weighted by Gasteiger charge is -2.16. The van der Waals surface area contributed by atoms with Crippen molar-refractivity contribution in [1.29, 1.82) is 0 Å². The third kappa shape index (κ3) is 3.42. The molecule has 0 aliphatic heterocycles. The molecule has 3 heterocycles. The van der Waals surface area contributed by atoms with Crippen LogP contribution in [0, 0.1) is 0 Å². The van der Waals surface area contributed by atoms with Gasteiger partial charge in [0, 0.05) is 18.0 Å². The van der Waals surface area contributed by atoms with Gasteiger partial charge in [-0.05, 0) is 56.4 Å². The molecule has 0 saturated carbocycles. The van der Waals surface area contributed by atoms with Crippen molar-refractivity contribution in [1.82, 2.24) is 24.6 Å². The lowest BCUT2D eigenvalue weighted by atomic mass is 9.99. The van der Waals surface area contributed by atoms with E-state index in [-0.39, 0.29) is 6.54 Å². The van der Waals surface area contributed by atoms with Gasteiger partial charge in [-0.2, -0.15) is 5.10 Å². The van der Waals surface area contributed by atoms with Crippen molar-refractivity contribution in [2.45, 2.75) is 38.8 Å². The quantitative estimate of drug-likeness (QED) is 0.779. The smallest absolute Gasteiger partial charge is 0.222 e. The summed E-state index contributed by atoms with van der Waals surface area (Å²) in [4.78, 5) is 13.3. The lowest BCUT2D eigenvalue weighted by molar-refractivity contribution is 0.234. The van der Waals surface area contributed by atoms with Crippen LogP contribution in [-0.2, 0) is 6.42 Å². The van der Waals surface area contributed by atoms with Crippen molar-refractivity contribution in [3.8, 4) is 0 Å². The highest BCUT2D eigenvalue weighted by molar-refractivity contribution is 5.82. The Labute approximate surface area is 151 Å². The molecule has 0 atom stereocenters. The van der Waals surface area contributed by atoms with Gasteiger partial charge >= 0.3 is 0 Å². The summed E-state index contributed by atoms with van der Waals surface area (Å²) < 4.78 is 15.5. The first-order valence-corrected chi connectivity index (χ1v) is 8.79. The second-order valence-corrected chi connectivity index (χ2v) is 7.11. The van der Waals surface area contributed by atoms with Crippen LogP contribution in [0.2, 0.25) is 0 Å². The number of fused-ring (bicyclic) bond motifs is 2. The first-order chi connectivity index (χ1) is 12.5. The molecule has 0 saturated heterocycles. The molecule has 1 aliphatic carbocycles. The molecule has 0 bridgehead atoms. The molecule has 0 amide bonds. The first kappa shape index (κ1) is 16.6. The molecule has 4 rings (SSSR count). The van der Waals surface area contributed by atoms with Gasteiger partial charge < -0.3 is 5.32 Å². The standard InChI is InChI=1S/C19H21FN6/c1-19(2,20)11-22-18-21-10-15-14(5-3-4-6-16(15)25-18)13-7-8-26-17(9-13)23-12-24-26/h5,7-10,12H,3-4,6,11H2,1-2H3,(H,21,22,25). The van der Waals surface area contributed by atoms with E-state index in [0.717, 1.165) is 47.3 Å². The van der Waals surface area contributed by atoms with E-state index in [1.165, 1.54) is 13.8 Å². The van der Waals surface area contributed by atoms with Crippen molar-refractivity contribution in [3.05, 3.63) is 53.8 Å². The SMILES string of the molecule is CC(C)(F)CNc1ncc2c(n1)CCCC=C2c1ccn2ncnc2c1. The average Bonchev–Trinajstić information content (AvgIpc) is 2.97. The molecule has 7 heteroatoms. The minimum absolute atomic E-state index is 0.179. The minimum Gasteiger partial charge on any atom is -0.351 e. The Morgan fingerprint density at radius 3 is 3.04 bits per heavy atom. The van der Waals surface area contributed by atoms with Crippen molar-refractivity contribution in [2.24, 2.45) is 0 Å². The Morgan fingerprint density at radius 1 is 1.31 bits per heavy atom. The molecule has 3 aromatic heterocycles. The number of rotatable bonds is 4. The molecule has 1 N–H and O–H groups in total. The number of hydrogen-bond donors (Lipinski definition) is 1. The summed E-state index contributed by atoms with van der Waals surface area (Å²) in [7, 11) is 0. The number of alkyl halides is 1. The fourth-order valence-corrected chi connectivity index (χ4v) is 3.09. The Morgan fingerprint density at radius 2 is 2.19 bits per heavy atom. The van der Waals surface area contributed by atoms with Gasteiger partial charge in [-0.3, -0.25) is 0 Å². The number of pyridine rings is 1. The van der Waals surface area contributed by atoms with Crippen LogP contribution in [-0.4, -0.2) is 36.8 Å². The van der Waals surface area contributed by atoms with Crippen LogP contribution in [0.1, 0.15) is 43.5 Å². The molecule has 0 aromatic carbocycles. The fourth-order valence-electron chi connectivity index (χ4n) is 3.09. The number of nitrogens with one attached hydrogen (secondary N) is 1. The maximum atomic E-state index is 13.7. The Balaban J connectivity index is 1.69. The van der Waals surface area contributed by atoms with E-state index in [9.17, 15) is 4.39 Å². The van der Waals surface area contributed by atoms with Gasteiger partial charge in [0.2, 0.25) is 5.95 Å². The van der Waals surface area contributed by atoms with Gasteiger partial charge in [-0.15, -0.1) is 0 Å². The zero-order valence-corrected chi connectivity index (χ0v) is 14.9. The van der Waals surface area contributed by atoms with E-state index in [2.05, 4.69) is 31.4 Å². The third-order valence-corrected chi connectivity index (χ3v) is 4.38. The molecule has 134 valence electrons. The summed E-state index contributed by atoms with van der Waals surface area (Å²) in [6.45, 7) is 3.24. The van der Waals surface area contributed by atoms with Gasteiger partial charge in [-0.25, -0.2) is 23.9 Å². The molecule has 3 aromatic rings. The van der Waals surface area contributed by atoms with E-state index in [1.807, 2.05) is 24.5 Å². The normalized spacial score (nSPS) is 14.7. The highest BCUT2D eigenvalue weighted by atomic mass is 19.1. The van der Waals surface area contributed by atoms with Crippen molar-refractivity contribution in [3.63, 3.8) is 0 Å². The van der Waals surface area contributed by atoms with E-state index in [1.54, 1.807) is 10.8 Å². The molecule has 0 unspecified atom stereocenters. The van der Waals surface area contributed by atoms with Crippen LogP contribution in [0.5, 0.6) is 0 Å². The number of aromatic nitrogens is 5. The maximum absolute atomic E-state index is 13.7. The predicted octanol–water partition coefficient (Wildman–Crippen LogP) is 3.45. The van der Waals surface area contributed by atoms with Crippen LogP contribution in [0.25, 0.3) is 11.2 Å². The average molecular weight is 352 g/mol. The Kier molecular flexibility index (Phi) is 4.14. The molecule has 0 fully saturated rings. The summed E-state index contributed by atoms with van der Waals surface area (Å²) >= 11 is 0. The first-order valence-electron chi connectivity index (χ1n) is 8.79. The number of nitrogens with zero attached hydrogens (tertiary/aromatic N) is 5. The van der Waals surface area contributed by atoms with Crippen LogP contribution in [0.4, 0.5) is 10.3 Å². The van der Waals surface area contributed by atoms with Crippen LogP contribution < -0.4 is 5.32 Å². The maximum Gasteiger partial charge on any atom is 0.222 e. The topological polar surface area (TPSA) is 68.0 Å². The van der Waals surface area contributed by atoms with Gasteiger partial charge in [-0.1, -0.05) is 6.08 Å². The zero-order chi connectivity index (χ0) is 18.1. The molecule has 0 spiro atoms. The van der Waals surface area contributed by atoms with Gasteiger partial charge in [0.15, 0.2) is 5.65 Å². The molecular weight excluding hydrogens is 331 g/mol. The Bertz CT molecular complexity index is 970. The monoisotopic (exact) mass is 352 g/mol. The number of hydrogen-bond acceptors (Lipinski definition) is 5. The predicted molar refractivity (Wildman–Crippen MR) is 98.7 cm³/mol. The molecule has 6 nitrogen and oxygen atoms in total. The summed E-state index contributed by atoms with van der Waals surface area (Å²) in [6.07, 6.45) is 10.4. The summed E-state index contributed by atoms with van der Waals surface area (Å²) in [5.74, 6) is 0.476. The summed E-state index contributed by atoms with van der Waals surface area (Å²) in [6, 6.07) is 4.05. The summed E-state index contributed by atoms with van der Waals surface area (Å²) in [5.41, 5.74) is 3.69. The summed E-state index contributed by atoms with van der Waals surface area (Å²) in [5, 5.41) is 7.13. The van der Waals surface area contributed by atoms with Crippen LogP contribution in [0.3, 0.4) is 0 Å².